The van der Waals surface area contributed by atoms with Gasteiger partial charge in [0.1, 0.15) is 29.9 Å². The van der Waals surface area contributed by atoms with Crippen LogP contribution in [0.5, 0.6) is 0 Å². The van der Waals surface area contributed by atoms with Gasteiger partial charge in [-0.25, -0.2) is 13.0 Å². The molecular weight excluding hydrogens is 494 g/mol. The molecule has 0 unspecified atom stereocenters. The van der Waals surface area contributed by atoms with Crippen LogP contribution in [0, 0.1) is 0 Å². The van der Waals surface area contributed by atoms with Crippen molar-refractivity contribution in [3.63, 3.8) is 0 Å². The van der Waals surface area contributed by atoms with Crippen molar-refractivity contribution in [2.45, 2.75) is 11.4 Å². The fraction of sp³-hybridized carbons (Fsp3) is 0.194. The first-order valence-electron chi connectivity index (χ1n) is 12.4. The van der Waals surface area contributed by atoms with Crippen molar-refractivity contribution in [1.82, 2.24) is 0 Å². The molecule has 1 aliphatic rings. The zero-order chi connectivity index (χ0) is 27.4. The van der Waals surface area contributed by atoms with E-state index >= 15 is 0 Å². The second-order valence-corrected chi connectivity index (χ2v) is 11.3. The van der Waals surface area contributed by atoms with Gasteiger partial charge in [-0.05, 0) is 88.5 Å². The summed E-state index contributed by atoms with van der Waals surface area (Å²) >= 11 is 0. The first-order valence-corrected chi connectivity index (χ1v) is 13.9. The van der Waals surface area contributed by atoms with Crippen molar-refractivity contribution in [3.8, 4) is 0 Å². The fourth-order valence-electron chi connectivity index (χ4n) is 4.44. The molecule has 38 heavy (non-hydrogen) atoms. The largest absolute Gasteiger partial charge is 0.744 e. The molecule has 6 nitrogen and oxygen atoms in total. The van der Waals surface area contributed by atoms with E-state index in [0.29, 0.717) is 6.54 Å². The number of anilines is 1. The molecule has 0 aliphatic heterocycles. The Bertz CT molecular complexity index is 1520. The summed E-state index contributed by atoms with van der Waals surface area (Å²) in [5.41, 5.74) is 8.64. The minimum Gasteiger partial charge on any atom is -0.744 e. The van der Waals surface area contributed by atoms with Crippen LogP contribution < -0.4 is 9.80 Å². The van der Waals surface area contributed by atoms with Crippen molar-refractivity contribution >= 4 is 32.8 Å². The molecule has 1 N–H and O–H groups in total. The molecule has 0 bridgehead atoms. The van der Waals surface area contributed by atoms with Crippen LogP contribution >= 0.6 is 0 Å². The third kappa shape index (κ3) is 6.37. The maximum atomic E-state index is 11.4. The van der Waals surface area contributed by atoms with Gasteiger partial charge in [-0.3, -0.25) is 0 Å². The highest BCUT2D eigenvalue weighted by Crippen LogP contribution is 2.31. The molecule has 0 spiro atoms. The maximum Gasteiger partial charge on any atom is 0.199 e. The predicted molar refractivity (Wildman–Crippen MR) is 153 cm³/mol. The van der Waals surface area contributed by atoms with Crippen LogP contribution in [-0.4, -0.2) is 58.5 Å². The number of nitrogens with zero attached hydrogens (tertiary/aromatic N) is 2. The Morgan fingerprint density at radius 1 is 0.868 bits per heavy atom. The van der Waals surface area contributed by atoms with Gasteiger partial charge in [-0.15, -0.1) is 0 Å². The first kappa shape index (κ1) is 27.3. The van der Waals surface area contributed by atoms with Crippen LogP contribution in [0.4, 0.5) is 11.4 Å². The quantitative estimate of drug-likeness (QED) is 0.376. The van der Waals surface area contributed by atoms with Gasteiger partial charge in [-0.1, -0.05) is 24.3 Å². The van der Waals surface area contributed by atoms with Crippen LogP contribution in [0.3, 0.4) is 0 Å². The maximum absolute atomic E-state index is 11.4. The number of nitrogens with one attached hydrogen (secondary N) is 1. The second kappa shape index (κ2) is 11.3. The van der Waals surface area contributed by atoms with Crippen LogP contribution in [0.1, 0.15) is 16.7 Å². The van der Waals surface area contributed by atoms with Gasteiger partial charge < -0.3 is 14.4 Å². The number of benzene rings is 3. The molecule has 0 amide bonds. The molecule has 3 aromatic rings. The number of hydrogen-bond donors (Lipinski definition) is 1. The lowest BCUT2D eigenvalue weighted by Gasteiger charge is -2.21. The summed E-state index contributed by atoms with van der Waals surface area (Å²) in [5, 5.41) is 0. The van der Waals surface area contributed by atoms with E-state index in [1.54, 1.807) is 6.07 Å². The van der Waals surface area contributed by atoms with E-state index in [1.807, 2.05) is 32.1 Å². The number of allylic oxidation sites excluding steroid dienone is 5. The summed E-state index contributed by atoms with van der Waals surface area (Å²) in [7, 11) is 5.76. The Kier molecular flexibility index (Phi) is 8.11. The molecule has 0 radical (unpaired) electrons. The van der Waals surface area contributed by atoms with Gasteiger partial charge in [0.25, 0.3) is 0 Å². The van der Waals surface area contributed by atoms with E-state index < -0.39 is 10.1 Å². The van der Waals surface area contributed by atoms with E-state index in [4.69, 9.17) is 0 Å². The van der Waals surface area contributed by atoms with E-state index in [0.717, 1.165) is 39.2 Å². The van der Waals surface area contributed by atoms with Gasteiger partial charge >= 0.3 is 0 Å². The van der Waals surface area contributed by atoms with Gasteiger partial charge in [0.05, 0.1) is 19.0 Å². The SMILES string of the molecule is CN(Cc1cccc(S(=O)(=O)[O-])c1)c1ccc(C(=C2C=CC(=[N+](C)C)C=C2)c2ccc([NH+](C)C)cc2)cc1. The standard InChI is InChI=1S/C31H33N3O3S/c1-32(2)27-15-9-24(10-16-27)31(25-11-17-28(18-12-25)33(3)4)26-13-19-29(20-14-26)34(5)22-23-7-6-8-30(21-23)38(35,36)37/h6-21H,22H2,1-5H3/p+1. The summed E-state index contributed by atoms with van der Waals surface area (Å²) < 4.78 is 36.3. The van der Waals surface area contributed by atoms with E-state index in [2.05, 4.69) is 91.5 Å². The lowest BCUT2D eigenvalue weighted by atomic mass is 9.90. The molecular formula is C31H34N3O3S+. The normalized spacial score (nSPS) is 13.2. The molecule has 0 atom stereocenters. The lowest BCUT2D eigenvalue weighted by Crippen LogP contribution is -3.00. The van der Waals surface area contributed by atoms with Crippen LogP contribution in [0.2, 0.25) is 0 Å². The van der Waals surface area contributed by atoms with Crippen LogP contribution in [0.25, 0.3) is 5.57 Å². The lowest BCUT2D eigenvalue weighted by molar-refractivity contribution is -0.786. The number of quaternary nitrogens is 1. The summed E-state index contributed by atoms with van der Waals surface area (Å²) in [6, 6.07) is 23.2. The summed E-state index contributed by atoms with van der Waals surface area (Å²) in [6.45, 7) is 0.472. The van der Waals surface area contributed by atoms with Crippen LogP contribution in [-0.2, 0) is 16.7 Å². The molecule has 0 saturated carbocycles. The first-order chi connectivity index (χ1) is 18.0. The number of hydrogen-bond acceptors (Lipinski definition) is 4. The Hall–Kier alpha value is -3.78. The van der Waals surface area contributed by atoms with Crippen LogP contribution in [0.15, 0.2) is 108 Å². The zero-order valence-corrected chi connectivity index (χ0v) is 23.3. The Morgan fingerprint density at radius 2 is 1.45 bits per heavy atom. The third-order valence-electron chi connectivity index (χ3n) is 6.63. The molecule has 7 heteroatoms. The summed E-state index contributed by atoms with van der Waals surface area (Å²) in [4.78, 5) is 3.10. The zero-order valence-electron chi connectivity index (χ0n) is 22.5. The molecule has 0 heterocycles. The Labute approximate surface area is 225 Å². The van der Waals surface area contributed by atoms with Crippen molar-refractivity contribution in [2.75, 3.05) is 40.1 Å². The third-order valence-corrected chi connectivity index (χ3v) is 7.46. The fourth-order valence-corrected chi connectivity index (χ4v) is 4.98. The Morgan fingerprint density at radius 3 is 1.97 bits per heavy atom. The van der Waals surface area contributed by atoms with E-state index in [1.165, 1.54) is 22.7 Å². The van der Waals surface area contributed by atoms with E-state index in [9.17, 15) is 13.0 Å². The minimum absolute atomic E-state index is 0.208. The van der Waals surface area contributed by atoms with Gasteiger partial charge in [0, 0.05) is 31.4 Å². The molecule has 0 saturated heterocycles. The summed E-state index contributed by atoms with van der Waals surface area (Å²) in [6.07, 6.45) is 8.58. The van der Waals surface area contributed by atoms with Crippen molar-refractivity contribution in [2.24, 2.45) is 0 Å². The van der Waals surface area contributed by atoms with Crippen molar-refractivity contribution < 1.29 is 22.4 Å². The molecule has 0 aromatic heterocycles. The molecule has 1 aliphatic carbocycles. The molecule has 3 aromatic carbocycles. The average Bonchev–Trinajstić information content (AvgIpc) is 2.89. The average molecular weight is 529 g/mol. The van der Waals surface area contributed by atoms with Gasteiger partial charge in [0.2, 0.25) is 0 Å². The summed E-state index contributed by atoms with van der Waals surface area (Å²) in [5.74, 6) is 0. The molecule has 4 rings (SSSR count). The second-order valence-electron chi connectivity index (χ2n) is 9.90. The Balaban J connectivity index is 1.67. The number of rotatable bonds is 7. The van der Waals surface area contributed by atoms with Gasteiger partial charge in [0.15, 0.2) is 5.71 Å². The smallest absolute Gasteiger partial charge is 0.199 e. The minimum atomic E-state index is -4.48. The topological polar surface area (TPSA) is 67.9 Å². The highest BCUT2D eigenvalue weighted by Gasteiger charge is 2.15. The monoisotopic (exact) mass is 528 g/mol. The van der Waals surface area contributed by atoms with Crippen molar-refractivity contribution in [3.05, 3.63) is 119 Å². The predicted octanol–water partition coefficient (Wildman–Crippen LogP) is 3.64. The highest BCUT2D eigenvalue weighted by molar-refractivity contribution is 7.85. The van der Waals surface area contributed by atoms with E-state index in [-0.39, 0.29) is 4.90 Å². The molecule has 0 fully saturated rings. The van der Waals surface area contributed by atoms with Crippen molar-refractivity contribution in [1.29, 1.82) is 0 Å². The highest BCUT2D eigenvalue weighted by atomic mass is 32.2. The molecule has 196 valence electrons. The van der Waals surface area contributed by atoms with Gasteiger partial charge in [-0.2, -0.15) is 0 Å².